The van der Waals surface area contributed by atoms with Gasteiger partial charge in [-0.25, -0.2) is 0 Å². The second kappa shape index (κ2) is 7.13. The van der Waals surface area contributed by atoms with Crippen LogP contribution in [0.15, 0.2) is 24.3 Å². The predicted octanol–water partition coefficient (Wildman–Crippen LogP) is 3.57. The average Bonchev–Trinajstić information content (AvgIpc) is 2.34. The molecule has 0 spiro atoms. The van der Waals surface area contributed by atoms with Gasteiger partial charge in [0.1, 0.15) is 5.75 Å². The van der Waals surface area contributed by atoms with E-state index in [1.165, 1.54) is 5.56 Å². The Morgan fingerprint density at radius 3 is 2.71 bits per heavy atom. The van der Waals surface area contributed by atoms with Gasteiger partial charge in [-0.3, -0.25) is 0 Å². The molecule has 1 aromatic carbocycles. The summed E-state index contributed by atoms with van der Waals surface area (Å²) in [4.78, 5) is 0. The zero-order chi connectivity index (χ0) is 12.7. The Morgan fingerprint density at radius 2 is 2.12 bits per heavy atom. The first-order chi connectivity index (χ1) is 8.19. The molecule has 0 saturated heterocycles. The highest BCUT2D eigenvalue weighted by Crippen LogP contribution is 2.25. The molecule has 1 rings (SSSR count). The Kier molecular flexibility index (Phi) is 5.78. The van der Waals surface area contributed by atoms with Crippen molar-refractivity contribution in [3.8, 4) is 5.75 Å². The summed E-state index contributed by atoms with van der Waals surface area (Å²) in [6.07, 6.45) is 6.34. The van der Waals surface area contributed by atoms with Crippen LogP contribution in [0.25, 0.3) is 6.08 Å². The van der Waals surface area contributed by atoms with Crippen LogP contribution in [0.3, 0.4) is 0 Å². The fourth-order valence-corrected chi connectivity index (χ4v) is 1.69. The zero-order valence-electron chi connectivity index (χ0n) is 11.1. The molecule has 0 amide bonds. The van der Waals surface area contributed by atoms with E-state index in [-0.39, 0.29) is 0 Å². The van der Waals surface area contributed by atoms with Crippen LogP contribution < -0.4 is 10.5 Å². The molecule has 17 heavy (non-hydrogen) atoms. The summed E-state index contributed by atoms with van der Waals surface area (Å²) >= 11 is 0. The lowest BCUT2D eigenvalue weighted by Crippen LogP contribution is -1.96. The normalized spacial score (nSPS) is 11.4. The van der Waals surface area contributed by atoms with Gasteiger partial charge in [-0.15, -0.1) is 0 Å². The van der Waals surface area contributed by atoms with Crippen LogP contribution in [0.2, 0.25) is 0 Å². The van der Waals surface area contributed by atoms with Gasteiger partial charge in [0.15, 0.2) is 0 Å². The Hall–Kier alpha value is -1.28. The first-order valence-corrected chi connectivity index (χ1v) is 6.23. The van der Waals surface area contributed by atoms with Gasteiger partial charge in [-0.1, -0.05) is 32.1 Å². The molecule has 0 saturated carbocycles. The maximum absolute atomic E-state index is 5.47. The maximum Gasteiger partial charge on any atom is 0.126 e. The number of nitrogens with two attached hydrogens (primary N) is 1. The first kappa shape index (κ1) is 13.8. The summed E-state index contributed by atoms with van der Waals surface area (Å²) in [5.41, 5.74) is 7.96. The van der Waals surface area contributed by atoms with Gasteiger partial charge in [0.05, 0.1) is 7.11 Å². The second-order valence-corrected chi connectivity index (χ2v) is 4.49. The van der Waals surface area contributed by atoms with Gasteiger partial charge in [-0.05, 0) is 43.0 Å². The third kappa shape index (κ3) is 4.23. The van der Waals surface area contributed by atoms with Crippen molar-refractivity contribution >= 4 is 6.08 Å². The van der Waals surface area contributed by atoms with E-state index >= 15 is 0 Å². The Labute approximate surface area is 104 Å². The van der Waals surface area contributed by atoms with Crippen molar-refractivity contribution in [2.75, 3.05) is 13.7 Å². The number of unbranched alkanes of at least 4 members (excludes halogenated alkanes) is 1. The molecule has 0 atom stereocenters. The summed E-state index contributed by atoms with van der Waals surface area (Å²) in [5.74, 6) is 1.47. The SMILES string of the molecule is COc1ccc(C(C)C)cc1/C=C/CCCN. The molecule has 0 heterocycles. The highest BCUT2D eigenvalue weighted by molar-refractivity contribution is 5.58. The minimum atomic E-state index is 0.539. The van der Waals surface area contributed by atoms with Crippen molar-refractivity contribution in [2.45, 2.75) is 32.6 Å². The topological polar surface area (TPSA) is 35.2 Å². The molecule has 2 nitrogen and oxygen atoms in total. The smallest absolute Gasteiger partial charge is 0.126 e. The van der Waals surface area contributed by atoms with Gasteiger partial charge < -0.3 is 10.5 Å². The van der Waals surface area contributed by atoms with E-state index < -0.39 is 0 Å². The van der Waals surface area contributed by atoms with E-state index in [0.29, 0.717) is 5.92 Å². The molecule has 0 fully saturated rings. The van der Waals surface area contributed by atoms with Crippen molar-refractivity contribution in [1.29, 1.82) is 0 Å². The standard InChI is InChI=1S/C15H23NO/c1-12(2)13-8-9-15(17-3)14(11-13)7-5-4-6-10-16/h5,7-9,11-12H,4,6,10,16H2,1-3H3/b7-5+. The van der Waals surface area contributed by atoms with Crippen LogP contribution >= 0.6 is 0 Å². The molecule has 0 aliphatic heterocycles. The van der Waals surface area contributed by atoms with Gasteiger partial charge in [-0.2, -0.15) is 0 Å². The van der Waals surface area contributed by atoms with Gasteiger partial charge in [0.25, 0.3) is 0 Å². The van der Waals surface area contributed by atoms with Crippen molar-refractivity contribution < 1.29 is 4.74 Å². The molecular weight excluding hydrogens is 210 g/mol. The van der Waals surface area contributed by atoms with Gasteiger partial charge >= 0.3 is 0 Å². The fourth-order valence-electron chi connectivity index (χ4n) is 1.69. The largest absolute Gasteiger partial charge is 0.496 e. The van der Waals surface area contributed by atoms with Crippen molar-refractivity contribution in [2.24, 2.45) is 5.73 Å². The molecule has 0 radical (unpaired) electrons. The number of allylic oxidation sites excluding steroid dienone is 1. The van der Waals surface area contributed by atoms with E-state index in [4.69, 9.17) is 10.5 Å². The van der Waals surface area contributed by atoms with Crippen LogP contribution in [0.1, 0.15) is 43.7 Å². The summed E-state index contributed by atoms with van der Waals surface area (Å²) in [5, 5.41) is 0. The Morgan fingerprint density at radius 1 is 1.35 bits per heavy atom. The first-order valence-electron chi connectivity index (χ1n) is 6.23. The summed E-state index contributed by atoms with van der Waals surface area (Å²) in [6.45, 7) is 5.14. The van der Waals surface area contributed by atoms with Crippen molar-refractivity contribution in [1.82, 2.24) is 0 Å². The number of hydrogen-bond donors (Lipinski definition) is 1. The minimum absolute atomic E-state index is 0.539. The van der Waals surface area contributed by atoms with Gasteiger partial charge in [0.2, 0.25) is 0 Å². The lowest BCUT2D eigenvalue weighted by atomic mass is 10.00. The van der Waals surface area contributed by atoms with E-state index in [9.17, 15) is 0 Å². The predicted molar refractivity (Wildman–Crippen MR) is 74.4 cm³/mol. The monoisotopic (exact) mass is 233 g/mol. The Balaban J connectivity index is 2.86. The van der Waals surface area contributed by atoms with E-state index in [0.717, 1.165) is 30.7 Å². The van der Waals surface area contributed by atoms with Crippen molar-refractivity contribution in [3.63, 3.8) is 0 Å². The molecule has 0 unspecified atom stereocenters. The molecule has 0 aromatic heterocycles. The van der Waals surface area contributed by atoms with Gasteiger partial charge in [0, 0.05) is 5.56 Å². The number of ether oxygens (including phenoxy) is 1. The third-order valence-corrected chi connectivity index (χ3v) is 2.79. The summed E-state index contributed by atoms with van der Waals surface area (Å²) < 4.78 is 5.36. The van der Waals surface area contributed by atoms with Crippen molar-refractivity contribution in [3.05, 3.63) is 35.4 Å². The minimum Gasteiger partial charge on any atom is -0.496 e. The fraction of sp³-hybridized carbons (Fsp3) is 0.467. The molecular formula is C15H23NO. The van der Waals surface area contributed by atoms with Crippen LogP contribution in [-0.4, -0.2) is 13.7 Å². The second-order valence-electron chi connectivity index (χ2n) is 4.49. The highest BCUT2D eigenvalue weighted by atomic mass is 16.5. The summed E-state index contributed by atoms with van der Waals surface area (Å²) in [7, 11) is 1.71. The number of rotatable bonds is 6. The molecule has 1 aromatic rings. The average molecular weight is 233 g/mol. The van der Waals surface area contributed by atoms with E-state index in [2.05, 4.69) is 38.1 Å². The van der Waals surface area contributed by atoms with Crippen LogP contribution in [0.5, 0.6) is 5.75 Å². The van der Waals surface area contributed by atoms with E-state index in [1.54, 1.807) is 7.11 Å². The lowest BCUT2D eigenvalue weighted by molar-refractivity contribution is 0.413. The molecule has 0 aliphatic carbocycles. The van der Waals surface area contributed by atoms with Crippen LogP contribution in [-0.2, 0) is 0 Å². The summed E-state index contributed by atoms with van der Waals surface area (Å²) in [6, 6.07) is 6.36. The zero-order valence-corrected chi connectivity index (χ0v) is 11.1. The number of benzene rings is 1. The quantitative estimate of drug-likeness (QED) is 0.762. The number of hydrogen-bond acceptors (Lipinski definition) is 2. The third-order valence-electron chi connectivity index (χ3n) is 2.79. The van der Waals surface area contributed by atoms with E-state index in [1.807, 2.05) is 6.07 Å². The molecule has 2 heteroatoms. The van der Waals surface area contributed by atoms with Crippen LogP contribution in [0.4, 0.5) is 0 Å². The van der Waals surface area contributed by atoms with Crippen LogP contribution in [0, 0.1) is 0 Å². The lowest BCUT2D eigenvalue weighted by Gasteiger charge is -2.10. The highest BCUT2D eigenvalue weighted by Gasteiger charge is 2.04. The molecule has 2 N–H and O–H groups in total. The maximum atomic E-state index is 5.47. The number of methoxy groups -OCH3 is 1. The molecule has 94 valence electrons. The Bertz CT molecular complexity index is 369. The molecule has 0 bridgehead atoms. The molecule has 0 aliphatic rings.